The lowest BCUT2D eigenvalue weighted by molar-refractivity contribution is -0.140. The number of halogens is 1. The van der Waals surface area contributed by atoms with Crippen LogP contribution in [-0.4, -0.2) is 46.0 Å². The number of hydrogen-bond acceptors (Lipinski definition) is 3. The van der Waals surface area contributed by atoms with E-state index in [1.165, 1.54) is 12.1 Å². The van der Waals surface area contributed by atoms with Crippen molar-refractivity contribution in [1.82, 2.24) is 9.80 Å². The highest BCUT2D eigenvalue weighted by Crippen LogP contribution is 2.24. The molecule has 1 atom stereocenters. The molecule has 150 valence electrons. The van der Waals surface area contributed by atoms with E-state index in [2.05, 4.69) is 0 Å². The third kappa shape index (κ3) is 5.94. The summed E-state index contributed by atoms with van der Waals surface area (Å²) in [6.07, 6.45) is 1.91. The Morgan fingerprint density at radius 1 is 1.30 bits per heavy atom. The summed E-state index contributed by atoms with van der Waals surface area (Å²) in [4.78, 5) is 29.2. The number of likely N-dealkylation sites (tertiary alicyclic amines) is 1. The number of carbonyl (C=O) groups excluding carboxylic acids is 2. The molecular weight excluding hydrogens is 347 g/mol. The monoisotopic (exact) mass is 378 g/mol. The fourth-order valence-corrected chi connectivity index (χ4v) is 3.27. The first-order valence-electron chi connectivity index (χ1n) is 9.63. The molecule has 1 saturated heterocycles. The van der Waals surface area contributed by atoms with E-state index in [0.29, 0.717) is 19.5 Å². The van der Waals surface area contributed by atoms with E-state index in [9.17, 15) is 14.0 Å². The SMILES string of the molecule is CC(C)N(Cc1cccc(F)c1)C(=O)[C@H]1CCCCN1C(=O)OC(C)(C)C. The van der Waals surface area contributed by atoms with E-state index in [1.54, 1.807) is 21.9 Å². The number of amides is 2. The first-order chi connectivity index (χ1) is 12.6. The lowest BCUT2D eigenvalue weighted by Gasteiger charge is -2.39. The average Bonchev–Trinajstić information content (AvgIpc) is 2.57. The molecule has 0 unspecified atom stereocenters. The third-order valence-electron chi connectivity index (χ3n) is 4.56. The molecule has 0 spiro atoms. The van der Waals surface area contributed by atoms with E-state index in [-0.39, 0.29) is 17.8 Å². The smallest absolute Gasteiger partial charge is 0.410 e. The van der Waals surface area contributed by atoms with E-state index < -0.39 is 17.7 Å². The molecule has 1 aromatic rings. The number of rotatable bonds is 4. The summed E-state index contributed by atoms with van der Waals surface area (Å²) in [7, 11) is 0. The quantitative estimate of drug-likeness (QED) is 0.782. The van der Waals surface area contributed by atoms with Gasteiger partial charge in [-0.1, -0.05) is 12.1 Å². The van der Waals surface area contributed by atoms with Crippen LogP contribution in [0.4, 0.5) is 9.18 Å². The molecule has 0 aromatic heterocycles. The minimum atomic E-state index is -0.610. The summed E-state index contributed by atoms with van der Waals surface area (Å²) in [6.45, 7) is 10.1. The summed E-state index contributed by atoms with van der Waals surface area (Å²) in [5.41, 5.74) is 0.123. The Morgan fingerprint density at radius 2 is 2.00 bits per heavy atom. The molecule has 0 saturated carbocycles. The van der Waals surface area contributed by atoms with Crippen molar-refractivity contribution in [3.8, 4) is 0 Å². The lowest BCUT2D eigenvalue weighted by Crippen LogP contribution is -2.55. The highest BCUT2D eigenvalue weighted by atomic mass is 19.1. The summed E-state index contributed by atoms with van der Waals surface area (Å²) < 4.78 is 19.0. The third-order valence-corrected chi connectivity index (χ3v) is 4.56. The fourth-order valence-electron chi connectivity index (χ4n) is 3.27. The van der Waals surface area contributed by atoms with Gasteiger partial charge in [0.25, 0.3) is 0 Å². The van der Waals surface area contributed by atoms with Gasteiger partial charge in [-0.3, -0.25) is 9.69 Å². The molecule has 1 aliphatic rings. The highest BCUT2D eigenvalue weighted by molar-refractivity contribution is 5.86. The largest absolute Gasteiger partial charge is 0.444 e. The zero-order chi connectivity index (χ0) is 20.2. The summed E-state index contributed by atoms with van der Waals surface area (Å²) in [6, 6.07) is 5.66. The van der Waals surface area contributed by atoms with Crippen molar-refractivity contribution in [3.05, 3.63) is 35.6 Å². The number of nitrogens with zero attached hydrogens (tertiary/aromatic N) is 2. The predicted molar refractivity (Wildman–Crippen MR) is 103 cm³/mol. The Balaban J connectivity index is 2.19. The van der Waals surface area contributed by atoms with Crippen LogP contribution in [0.1, 0.15) is 59.4 Å². The van der Waals surface area contributed by atoms with Crippen LogP contribution in [-0.2, 0) is 16.1 Å². The lowest BCUT2D eigenvalue weighted by atomic mass is 10.0. The van der Waals surface area contributed by atoms with Crippen LogP contribution in [0.3, 0.4) is 0 Å². The van der Waals surface area contributed by atoms with Crippen LogP contribution in [0.2, 0.25) is 0 Å². The van der Waals surface area contributed by atoms with Crippen molar-refractivity contribution in [3.63, 3.8) is 0 Å². The van der Waals surface area contributed by atoms with Gasteiger partial charge in [0.15, 0.2) is 0 Å². The first kappa shape index (κ1) is 21.2. The van der Waals surface area contributed by atoms with Crippen molar-refractivity contribution >= 4 is 12.0 Å². The zero-order valence-electron chi connectivity index (χ0n) is 17.0. The minimum absolute atomic E-state index is 0.0665. The molecule has 1 aromatic carbocycles. The van der Waals surface area contributed by atoms with E-state index in [0.717, 1.165) is 18.4 Å². The Kier molecular flexibility index (Phi) is 6.84. The number of piperidine rings is 1. The van der Waals surface area contributed by atoms with E-state index in [1.807, 2.05) is 34.6 Å². The van der Waals surface area contributed by atoms with Crippen LogP contribution in [0.15, 0.2) is 24.3 Å². The van der Waals surface area contributed by atoms with Crippen LogP contribution in [0, 0.1) is 5.82 Å². The molecule has 2 amide bonds. The maximum Gasteiger partial charge on any atom is 0.410 e. The van der Waals surface area contributed by atoms with Gasteiger partial charge in [0.1, 0.15) is 17.5 Å². The Bertz CT molecular complexity index is 670. The Morgan fingerprint density at radius 3 is 2.59 bits per heavy atom. The van der Waals surface area contributed by atoms with Crippen LogP contribution >= 0.6 is 0 Å². The second-order valence-electron chi connectivity index (χ2n) is 8.38. The molecule has 6 heteroatoms. The number of ether oxygens (including phenoxy) is 1. The normalized spacial score (nSPS) is 17.7. The molecule has 1 aliphatic heterocycles. The highest BCUT2D eigenvalue weighted by Gasteiger charge is 2.37. The number of benzene rings is 1. The van der Waals surface area contributed by atoms with Gasteiger partial charge in [0.05, 0.1) is 0 Å². The van der Waals surface area contributed by atoms with Crippen molar-refractivity contribution in [1.29, 1.82) is 0 Å². The van der Waals surface area contributed by atoms with E-state index >= 15 is 0 Å². The van der Waals surface area contributed by atoms with Crippen molar-refractivity contribution in [2.45, 2.75) is 78.1 Å². The fraction of sp³-hybridized carbons (Fsp3) is 0.619. The minimum Gasteiger partial charge on any atom is -0.444 e. The van der Waals surface area contributed by atoms with Crippen LogP contribution in [0.5, 0.6) is 0 Å². The molecule has 0 N–H and O–H groups in total. The predicted octanol–water partition coefficient (Wildman–Crippen LogP) is 4.35. The first-order valence-corrected chi connectivity index (χ1v) is 9.63. The number of hydrogen-bond donors (Lipinski definition) is 0. The number of carbonyl (C=O) groups is 2. The van der Waals surface area contributed by atoms with Crippen LogP contribution in [0.25, 0.3) is 0 Å². The van der Waals surface area contributed by atoms with Gasteiger partial charge in [0.2, 0.25) is 5.91 Å². The molecule has 27 heavy (non-hydrogen) atoms. The molecule has 2 rings (SSSR count). The van der Waals surface area contributed by atoms with Crippen molar-refractivity contribution in [2.24, 2.45) is 0 Å². The maximum absolute atomic E-state index is 13.5. The zero-order valence-corrected chi connectivity index (χ0v) is 17.0. The van der Waals surface area contributed by atoms with Gasteiger partial charge in [-0.2, -0.15) is 0 Å². The van der Waals surface area contributed by atoms with Crippen molar-refractivity contribution < 1.29 is 18.7 Å². The Hall–Kier alpha value is -2.11. The molecule has 0 radical (unpaired) electrons. The molecular formula is C21H31FN2O3. The Labute approximate surface area is 161 Å². The summed E-state index contributed by atoms with van der Waals surface area (Å²) >= 11 is 0. The summed E-state index contributed by atoms with van der Waals surface area (Å²) in [5, 5.41) is 0. The molecule has 5 nitrogen and oxygen atoms in total. The molecule has 1 heterocycles. The second-order valence-corrected chi connectivity index (χ2v) is 8.38. The molecule has 0 bridgehead atoms. The van der Waals surface area contributed by atoms with Gasteiger partial charge < -0.3 is 9.64 Å². The molecule has 0 aliphatic carbocycles. The van der Waals surface area contributed by atoms with Gasteiger partial charge in [-0.05, 0) is 71.6 Å². The van der Waals surface area contributed by atoms with Crippen LogP contribution < -0.4 is 0 Å². The van der Waals surface area contributed by atoms with Gasteiger partial charge in [-0.25, -0.2) is 9.18 Å². The molecule has 1 fully saturated rings. The van der Waals surface area contributed by atoms with Crippen molar-refractivity contribution in [2.75, 3.05) is 6.54 Å². The van der Waals surface area contributed by atoms with Gasteiger partial charge in [0, 0.05) is 19.1 Å². The standard InChI is InChI=1S/C21H31FN2O3/c1-15(2)24(14-16-9-8-10-17(22)13-16)19(25)18-11-6-7-12-23(18)20(26)27-21(3,4)5/h8-10,13,15,18H,6-7,11-12,14H2,1-5H3/t18-/m1/s1. The van der Waals surface area contributed by atoms with E-state index in [4.69, 9.17) is 4.74 Å². The topological polar surface area (TPSA) is 49.9 Å². The van der Waals surface area contributed by atoms with Gasteiger partial charge in [-0.15, -0.1) is 0 Å². The summed E-state index contributed by atoms with van der Waals surface area (Å²) in [5.74, 6) is -0.434. The average molecular weight is 378 g/mol. The second kappa shape index (κ2) is 8.72. The van der Waals surface area contributed by atoms with Gasteiger partial charge >= 0.3 is 6.09 Å². The maximum atomic E-state index is 13.5.